The zero-order chi connectivity index (χ0) is 18.1. The Balaban J connectivity index is -0.000000231. The first-order chi connectivity index (χ1) is 9.01. The molecule has 0 bridgehead atoms. The van der Waals surface area contributed by atoms with Crippen molar-refractivity contribution in [3.05, 3.63) is 0 Å². The molecule has 0 aliphatic rings. The maximum atomic E-state index is 10.0. The van der Waals surface area contributed by atoms with Gasteiger partial charge in [-0.3, -0.25) is 9.59 Å². The van der Waals surface area contributed by atoms with Crippen LogP contribution in [0, 0.1) is 16.2 Å². The number of rotatable bonds is 2. The molecule has 0 amide bonds. The first-order valence-corrected chi connectivity index (χ1v) is 6.70. The molecular weight excluding hydrogens is 276 g/mol. The van der Waals surface area contributed by atoms with E-state index in [-0.39, 0.29) is 18.6 Å². The minimum absolute atomic E-state index is 0.0451. The van der Waals surface area contributed by atoms with Crippen molar-refractivity contribution >= 4 is 11.9 Å². The molecule has 0 rings (SSSR count). The van der Waals surface area contributed by atoms with E-state index < -0.39 is 22.8 Å². The van der Waals surface area contributed by atoms with Crippen molar-refractivity contribution in [3.8, 4) is 0 Å². The van der Waals surface area contributed by atoms with Crippen LogP contribution in [0.2, 0.25) is 0 Å². The number of aliphatic carboxylic acids is 2. The van der Waals surface area contributed by atoms with Crippen LogP contribution in [-0.4, -0.2) is 45.6 Å². The Morgan fingerprint density at radius 1 is 0.667 bits per heavy atom. The van der Waals surface area contributed by atoms with Gasteiger partial charge in [0.2, 0.25) is 0 Å². The molecule has 0 saturated carbocycles. The third-order valence-electron chi connectivity index (χ3n) is 2.14. The van der Waals surface area contributed by atoms with Crippen LogP contribution in [0.4, 0.5) is 0 Å². The fraction of sp³-hybridized carbons (Fsp3) is 0.867. The van der Waals surface area contributed by atoms with E-state index in [0.29, 0.717) is 0 Å². The summed E-state index contributed by atoms with van der Waals surface area (Å²) in [5.41, 5.74) is -1.47. The largest absolute Gasteiger partial charge is 0.481 e. The van der Waals surface area contributed by atoms with Gasteiger partial charge in [-0.25, -0.2) is 0 Å². The molecule has 21 heavy (non-hydrogen) atoms. The van der Waals surface area contributed by atoms with Gasteiger partial charge < -0.3 is 20.4 Å². The van der Waals surface area contributed by atoms with E-state index in [1.165, 1.54) is 0 Å². The molecule has 0 spiro atoms. The van der Waals surface area contributed by atoms with Gasteiger partial charge in [0.15, 0.2) is 0 Å². The third-order valence-corrected chi connectivity index (χ3v) is 2.14. The smallest absolute Gasteiger partial charge is 0.308 e. The lowest BCUT2D eigenvalue weighted by molar-refractivity contribution is -0.146. The summed E-state index contributed by atoms with van der Waals surface area (Å²) in [6.45, 7) is 13.7. The van der Waals surface area contributed by atoms with Gasteiger partial charge in [0.25, 0.3) is 0 Å². The lowest BCUT2D eigenvalue weighted by Gasteiger charge is -2.16. The van der Waals surface area contributed by atoms with Gasteiger partial charge in [-0.1, -0.05) is 13.8 Å². The monoisotopic (exact) mass is 308 g/mol. The molecule has 4 N–H and O–H groups in total. The molecule has 0 heterocycles. The number of aliphatic hydroxyl groups is 2. The molecule has 0 saturated heterocycles. The van der Waals surface area contributed by atoms with Gasteiger partial charge >= 0.3 is 11.9 Å². The van der Waals surface area contributed by atoms with Crippen molar-refractivity contribution in [1.29, 1.82) is 0 Å². The van der Waals surface area contributed by atoms with Crippen molar-refractivity contribution in [2.75, 3.05) is 13.2 Å². The molecule has 128 valence electrons. The first kappa shape index (κ1) is 24.9. The molecule has 0 aromatic heterocycles. The predicted molar refractivity (Wildman–Crippen MR) is 82.1 cm³/mol. The lowest BCUT2D eigenvalue weighted by Crippen LogP contribution is -2.20. The van der Waals surface area contributed by atoms with Gasteiger partial charge in [-0.05, 0) is 41.5 Å². The number of carboxylic acid groups (broad SMARTS) is 2. The van der Waals surface area contributed by atoms with Crippen LogP contribution in [0.3, 0.4) is 0 Å². The average molecular weight is 308 g/mol. The number of carbonyl (C=O) groups is 2. The molecular formula is C15H32O6. The minimum Gasteiger partial charge on any atom is -0.481 e. The standard InChI is InChI=1S/2C5H10O2.C5H12O2/c2*1-5(2,3)4(6)7;1-5(2,3-6)4-7/h2*1-3H3,(H,6,7);6-7H,3-4H2,1-2H3. The van der Waals surface area contributed by atoms with E-state index in [0.717, 1.165) is 0 Å². The second kappa shape index (κ2) is 9.73. The van der Waals surface area contributed by atoms with E-state index in [4.69, 9.17) is 20.4 Å². The Kier molecular flexibility index (Phi) is 11.5. The van der Waals surface area contributed by atoms with Crippen LogP contribution in [-0.2, 0) is 9.59 Å². The Morgan fingerprint density at radius 2 is 0.810 bits per heavy atom. The fourth-order valence-corrected chi connectivity index (χ4v) is 0.0500. The molecule has 0 aromatic rings. The normalized spacial score (nSPS) is 11.5. The average Bonchev–Trinajstić information content (AvgIpc) is 2.28. The van der Waals surface area contributed by atoms with Gasteiger partial charge in [0.1, 0.15) is 0 Å². The topological polar surface area (TPSA) is 115 Å². The Bertz CT molecular complexity index is 277. The summed E-state index contributed by atoms with van der Waals surface area (Å²) in [4.78, 5) is 20.0. The zero-order valence-corrected chi connectivity index (χ0v) is 14.5. The second-order valence-electron chi connectivity index (χ2n) is 7.59. The Hall–Kier alpha value is -1.14. The summed E-state index contributed by atoms with van der Waals surface area (Å²) >= 11 is 0. The van der Waals surface area contributed by atoms with Crippen molar-refractivity contribution in [3.63, 3.8) is 0 Å². The maximum Gasteiger partial charge on any atom is 0.308 e. The summed E-state index contributed by atoms with van der Waals surface area (Å²) in [6, 6.07) is 0. The third kappa shape index (κ3) is 18.9. The van der Waals surface area contributed by atoms with E-state index in [1.54, 1.807) is 55.4 Å². The van der Waals surface area contributed by atoms with E-state index in [9.17, 15) is 9.59 Å². The highest BCUT2D eigenvalue weighted by molar-refractivity contribution is 5.73. The van der Waals surface area contributed by atoms with Gasteiger partial charge in [-0.2, -0.15) is 0 Å². The highest BCUT2D eigenvalue weighted by Gasteiger charge is 2.19. The quantitative estimate of drug-likeness (QED) is 0.622. The summed E-state index contributed by atoms with van der Waals surface area (Å²) in [7, 11) is 0. The minimum atomic E-state index is -0.757. The van der Waals surface area contributed by atoms with E-state index >= 15 is 0 Å². The Labute approximate surface area is 127 Å². The van der Waals surface area contributed by atoms with Crippen molar-refractivity contribution in [2.45, 2.75) is 55.4 Å². The van der Waals surface area contributed by atoms with Crippen LogP contribution in [0.1, 0.15) is 55.4 Å². The van der Waals surface area contributed by atoms with Crippen LogP contribution in [0.5, 0.6) is 0 Å². The van der Waals surface area contributed by atoms with Crippen LogP contribution in [0.15, 0.2) is 0 Å². The summed E-state index contributed by atoms with van der Waals surface area (Å²) < 4.78 is 0. The van der Waals surface area contributed by atoms with Crippen molar-refractivity contribution in [1.82, 2.24) is 0 Å². The van der Waals surface area contributed by atoms with E-state index in [2.05, 4.69) is 0 Å². The highest BCUT2D eigenvalue weighted by atomic mass is 16.4. The molecule has 0 aromatic carbocycles. The highest BCUT2D eigenvalue weighted by Crippen LogP contribution is 2.12. The fourth-order valence-electron chi connectivity index (χ4n) is 0.0500. The molecule has 0 aliphatic carbocycles. The van der Waals surface area contributed by atoms with Crippen LogP contribution < -0.4 is 0 Å². The molecule has 0 atom stereocenters. The molecule has 0 fully saturated rings. The summed E-state index contributed by atoms with van der Waals surface area (Å²) in [6.07, 6.45) is 0. The Morgan fingerprint density at radius 3 is 0.810 bits per heavy atom. The van der Waals surface area contributed by atoms with E-state index in [1.807, 2.05) is 0 Å². The van der Waals surface area contributed by atoms with Crippen LogP contribution in [0.25, 0.3) is 0 Å². The second-order valence-corrected chi connectivity index (χ2v) is 7.59. The molecule has 6 nitrogen and oxygen atoms in total. The van der Waals surface area contributed by atoms with Crippen LogP contribution >= 0.6 is 0 Å². The zero-order valence-electron chi connectivity index (χ0n) is 14.5. The summed E-state index contributed by atoms with van der Waals surface area (Å²) in [5.74, 6) is -1.51. The van der Waals surface area contributed by atoms with Gasteiger partial charge in [-0.15, -0.1) is 0 Å². The summed E-state index contributed by atoms with van der Waals surface area (Å²) in [5, 5.41) is 33.4. The first-order valence-electron chi connectivity index (χ1n) is 6.70. The molecule has 0 unspecified atom stereocenters. The number of aliphatic hydroxyl groups excluding tert-OH is 2. The molecule has 0 aliphatic heterocycles. The van der Waals surface area contributed by atoms with Crippen molar-refractivity contribution in [2.24, 2.45) is 16.2 Å². The molecule has 6 heteroatoms. The van der Waals surface area contributed by atoms with Gasteiger partial charge in [0, 0.05) is 5.41 Å². The number of hydrogen-bond donors (Lipinski definition) is 4. The predicted octanol–water partition coefficient (Wildman–Crippen LogP) is 2.23. The lowest BCUT2D eigenvalue weighted by atomic mass is 9.97. The number of hydrogen-bond acceptors (Lipinski definition) is 4. The van der Waals surface area contributed by atoms with Crippen molar-refractivity contribution < 1.29 is 30.0 Å². The van der Waals surface area contributed by atoms with Gasteiger partial charge in [0.05, 0.1) is 24.0 Å². The SMILES string of the molecule is CC(C)(C)C(=O)O.CC(C)(C)C(=O)O.CC(C)(CO)CO. The molecule has 0 radical (unpaired) electrons. The maximum absolute atomic E-state index is 10.0. The number of carboxylic acids is 2.